The second-order valence-electron chi connectivity index (χ2n) is 4.18. The van der Waals surface area contributed by atoms with Gasteiger partial charge >= 0.3 is 0 Å². The zero-order valence-corrected chi connectivity index (χ0v) is 10.9. The summed E-state index contributed by atoms with van der Waals surface area (Å²) in [6.07, 6.45) is 2.15. The molecular weight excluding hydrogens is 287 g/mol. The molecule has 0 spiro atoms. The van der Waals surface area contributed by atoms with Crippen LogP contribution in [0.25, 0.3) is 0 Å². The maximum atomic E-state index is 13.4. The highest BCUT2D eigenvalue weighted by molar-refractivity contribution is 9.10. The fourth-order valence-electron chi connectivity index (χ4n) is 1.48. The van der Waals surface area contributed by atoms with Gasteiger partial charge in [-0.3, -0.25) is 4.79 Å². The molecule has 1 aromatic rings. The third-order valence-electron chi connectivity index (χ3n) is 2.56. The lowest BCUT2D eigenvalue weighted by atomic mass is 10.2. The zero-order chi connectivity index (χ0) is 12.3. The summed E-state index contributed by atoms with van der Waals surface area (Å²) in [7, 11) is 0. The van der Waals surface area contributed by atoms with Crippen molar-refractivity contribution in [3.63, 3.8) is 0 Å². The van der Waals surface area contributed by atoms with Crippen molar-refractivity contribution in [3.05, 3.63) is 34.1 Å². The van der Waals surface area contributed by atoms with Crippen molar-refractivity contribution in [1.29, 1.82) is 0 Å². The predicted molar refractivity (Wildman–Crippen MR) is 67.0 cm³/mol. The Hall–Kier alpha value is -0.940. The van der Waals surface area contributed by atoms with Gasteiger partial charge in [0.15, 0.2) is 0 Å². The van der Waals surface area contributed by atoms with Gasteiger partial charge in [0, 0.05) is 22.6 Å². The van der Waals surface area contributed by atoms with Gasteiger partial charge in [-0.25, -0.2) is 4.39 Å². The van der Waals surface area contributed by atoms with Crippen LogP contribution in [0.3, 0.4) is 0 Å². The first-order valence-corrected chi connectivity index (χ1v) is 6.38. The van der Waals surface area contributed by atoms with E-state index in [1.807, 2.05) is 0 Å². The van der Waals surface area contributed by atoms with Crippen molar-refractivity contribution in [2.24, 2.45) is 0 Å². The molecule has 0 saturated heterocycles. The molecule has 1 aliphatic rings. The van der Waals surface area contributed by atoms with Crippen LogP contribution in [0.1, 0.15) is 18.4 Å². The van der Waals surface area contributed by atoms with Crippen LogP contribution in [0.5, 0.6) is 0 Å². The Morgan fingerprint density at radius 3 is 2.88 bits per heavy atom. The molecule has 1 aliphatic carbocycles. The van der Waals surface area contributed by atoms with Gasteiger partial charge in [-0.05, 0) is 25.0 Å². The predicted octanol–water partition coefficient (Wildman–Crippen LogP) is 1.96. The number of nitrogens with one attached hydrogen (secondary N) is 2. The van der Waals surface area contributed by atoms with Crippen LogP contribution in [0.2, 0.25) is 0 Å². The Morgan fingerprint density at radius 2 is 2.24 bits per heavy atom. The van der Waals surface area contributed by atoms with Crippen LogP contribution in [0.4, 0.5) is 4.39 Å². The van der Waals surface area contributed by atoms with Gasteiger partial charge in [0.25, 0.3) is 0 Å². The molecule has 1 amide bonds. The third-order valence-corrected chi connectivity index (χ3v) is 3.05. The number of amides is 1. The van der Waals surface area contributed by atoms with Gasteiger partial charge in [0.2, 0.25) is 5.91 Å². The smallest absolute Gasteiger partial charge is 0.234 e. The molecule has 0 aromatic heterocycles. The maximum absolute atomic E-state index is 13.4. The summed E-state index contributed by atoms with van der Waals surface area (Å²) in [5, 5.41) is 5.79. The Morgan fingerprint density at radius 1 is 1.47 bits per heavy atom. The minimum absolute atomic E-state index is 0.0231. The van der Waals surface area contributed by atoms with Gasteiger partial charge in [-0.1, -0.05) is 22.0 Å². The van der Waals surface area contributed by atoms with E-state index in [0.29, 0.717) is 22.6 Å². The summed E-state index contributed by atoms with van der Waals surface area (Å²) >= 11 is 3.20. The van der Waals surface area contributed by atoms with E-state index in [9.17, 15) is 9.18 Å². The highest BCUT2D eigenvalue weighted by Gasteiger charge is 2.22. The van der Waals surface area contributed by atoms with Gasteiger partial charge < -0.3 is 10.6 Å². The van der Waals surface area contributed by atoms with E-state index in [1.165, 1.54) is 6.07 Å². The first-order valence-electron chi connectivity index (χ1n) is 5.59. The number of hydrogen-bond acceptors (Lipinski definition) is 2. The fraction of sp³-hybridized carbons (Fsp3) is 0.417. The van der Waals surface area contributed by atoms with E-state index in [1.54, 1.807) is 12.1 Å². The molecule has 5 heteroatoms. The van der Waals surface area contributed by atoms with Crippen molar-refractivity contribution in [2.45, 2.75) is 25.4 Å². The SMILES string of the molecule is O=C(CNCc1ccc(Br)cc1F)NC1CC1. The molecule has 92 valence electrons. The molecule has 3 nitrogen and oxygen atoms in total. The van der Waals surface area contributed by atoms with E-state index >= 15 is 0 Å². The largest absolute Gasteiger partial charge is 0.352 e. The average molecular weight is 301 g/mol. The highest BCUT2D eigenvalue weighted by Crippen LogP contribution is 2.18. The minimum Gasteiger partial charge on any atom is -0.352 e. The van der Waals surface area contributed by atoms with Gasteiger partial charge in [-0.2, -0.15) is 0 Å². The number of carbonyl (C=O) groups excluding carboxylic acids is 1. The van der Waals surface area contributed by atoms with E-state index < -0.39 is 0 Å². The lowest BCUT2D eigenvalue weighted by molar-refractivity contribution is -0.120. The topological polar surface area (TPSA) is 41.1 Å². The van der Waals surface area contributed by atoms with Gasteiger partial charge in [-0.15, -0.1) is 0 Å². The lowest BCUT2D eigenvalue weighted by Gasteiger charge is -2.06. The summed E-state index contributed by atoms with van der Waals surface area (Å²) in [5.74, 6) is -0.292. The van der Waals surface area contributed by atoms with Crippen LogP contribution in [0.15, 0.2) is 22.7 Å². The second-order valence-corrected chi connectivity index (χ2v) is 5.10. The van der Waals surface area contributed by atoms with Crippen molar-refractivity contribution in [3.8, 4) is 0 Å². The number of hydrogen-bond donors (Lipinski definition) is 2. The van der Waals surface area contributed by atoms with E-state index in [-0.39, 0.29) is 18.3 Å². The van der Waals surface area contributed by atoms with Gasteiger partial charge in [0.1, 0.15) is 5.82 Å². The van der Waals surface area contributed by atoms with Crippen molar-refractivity contribution in [1.82, 2.24) is 10.6 Å². The van der Waals surface area contributed by atoms with Crippen LogP contribution < -0.4 is 10.6 Å². The molecule has 0 heterocycles. The molecule has 2 rings (SSSR count). The minimum atomic E-state index is -0.269. The average Bonchev–Trinajstić information content (AvgIpc) is 3.05. The summed E-state index contributed by atoms with van der Waals surface area (Å²) in [5.41, 5.74) is 0.562. The van der Waals surface area contributed by atoms with E-state index in [2.05, 4.69) is 26.6 Å². The maximum Gasteiger partial charge on any atom is 0.234 e. The third kappa shape index (κ3) is 4.09. The molecule has 0 aliphatic heterocycles. The Bertz CT molecular complexity index is 421. The zero-order valence-electron chi connectivity index (χ0n) is 9.30. The molecule has 1 saturated carbocycles. The Labute approximate surface area is 108 Å². The lowest BCUT2D eigenvalue weighted by Crippen LogP contribution is -2.34. The molecule has 1 fully saturated rings. The van der Waals surface area contributed by atoms with Crippen molar-refractivity contribution < 1.29 is 9.18 Å². The number of halogens is 2. The molecule has 0 unspecified atom stereocenters. The second kappa shape index (κ2) is 5.60. The molecule has 0 radical (unpaired) electrons. The van der Waals surface area contributed by atoms with Crippen LogP contribution >= 0.6 is 15.9 Å². The molecule has 0 atom stereocenters. The number of rotatable bonds is 5. The summed E-state index contributed by atoms with van der Waals surface area (Å²) in [4.78, 5) is 11.3. The Kier molecular flexibility index (Phi) is 4.12. The summed E-state index contributed by atoms with van der Waals surface area (Å²) in [6, 6.07) is 5.27. The first kappa shape index (κ1) is 12.5. The van der Waals surface area contributed by atoms with E-state index in [4.69, 9.17) is 0 Å². The van der Waals surface area contributed by atoms with Crippen LogP contribution in [0, 0.1) is 5.82 Å². The highest BCUT2D eigenvalue weighted by atomic mass is 79.9. The molecule has 17 heavy (non-hydrogen) atoms. The van der Waals surface area contributed by atoms with Crippen molar-refractivity contribution in [2.75, 3.05) is 6.54 Å². The molecular formula is C12H14BrFN2O. The molecule has 1 aromatic carbocycles. The fourth-order valence-corrected chi connectivity index (χ4v) is 1.82. The van der Waals surface area contributed by atoms with E-state index in [0.717, 1.165) is 12.8 Å². The van der Waals surface area contributed by atoms with Crippen LogP contribution in [-0.2, 0) is 11.3 Å². The van der Waals surface area contributed by atoms with Gasteiger partial charge in [0.05, 0.1) is 6.54 Å². The monoisotopic (exact) mass is 300 g/mol. The molecule has 2 N–H and O–H groups in total. The number of carbonyl (C=O) groups is 1. The van der Waals surface area contributed by atoms with Crippen molar-refractivity contribution >= 4 is 21.8 Å². The quantitative estimate of drug-likeness (QED) is 0.873. The normalized spacial score (nSPS) is 14.7. The number of benzene rings is 1. The first-order chi connectivity index (χ1) is 8.15. The standard InChI is InChI=1S/C12H14BrFN2O/c13-9-2-1-8(11(14)5-9)6-15-7-12(17)16-10-3-4-10/h1-2,5,10,15H,3-4,6-7H2,(H,16,17). The van der Waals surface area contributed by atoms with Crippen LogP contribution in [-0.4, -0.2) is 18.5 Å². The molecule has 0 bridgehead atoms. The summed E-state index contributed by atoms with van der Waals surface area (Å²) < 4.78 is 14.1. The summed E-state index contributed by atoms with van der Waals surface area (Å²) in [6.45, 7) is 0.587. The Balaban J connectivity index is 1.75.